The van der Waals surface area contributed by atoms with E-state index in [1.54, 1.807) is 0 Å². The van der Waals surface area contributed by atoms with Gasteiger partial charge in [-0.05, 0) is 58.7 Å². The van der Waals surface area contributed by atoms with Crippen LogP contribution in [0.1, 0.15) is 0 Å². The summed E-state index contributed by atoms with van der Waals surface area (Å²) in [7, 11) is 0. The van der Waals surface area contributed by atoms with Crippen LogP contribution < -0.4 is 4.74 Å². The van der Waals surface area contributed by atoms with Crippen LogP contribution in [0.4, 0.5) is 0 Å². The molecule has 6 rings (SSSR count). The van der Waals surface area contributed by atoms with Gasteiger partial charge in [-0.3, -0.25) is 4.98 Å². The first-order valence-electron chi connectivity index (χ1n) is 11.1. The zero-order valence-electron chi connectivity index (χ0n) is 18.3. The van der Waals surface area contributed by atoms with E-state index >= 15 is 0 Å². The molecule has 4 heteroatoms. The second kappa shape index (κ2) is 8.68. The van der Waals surface area contributed by atoms with Crippen molar-refractivity contribution in [3.63, 3.8) is 0 Å². The normalized spacial score (nSPS) is 10.9. The van der Waals surface area contributed by atoms with Gasteiger partial charge in [-0.1, -0.05) is 78.9 Å². The molecule has 162 valence electrons. The van der Waals surface area contributed by atoms with E-state index in [1.807, 2.05) is 66.9 Å². The molecule has 0 fully saturated rings. The predicted octanol–water partition coefficient (Wildman–Crippen LogP) is 8.02. The number of nitrogens with zero attached hydrogens (tertiary/aromatic N) is 2. The van der Waals surface area contributed by atoms with Crippen molar-refractivity contribution in [1.29, 1.82) is 0 Å². The van der Waals surface area contributed by atoms with E-state index < -0.39 is 0 Å². The highest BCUT2D eigenvalue weighted by Crippen LogP contribution is 2.31. The van der Waals surface area contributed by atoms with Gasteiger partial charge in [-0.2, -0.15) is 4.98 Å². The van der Waals surface area contributed by atoms with Crippen LogP contribution in [0.5, 0.6) is 11.8 Å². The molecule has 0 saturated carbocycles. The second-order valence-electron chi connectivity index (χ2n) is 7.95. The lowest BCUT2D eigenvalue weighted by Gasteiger charge is -2.08. The van der Waals surface area contributed by atoms with Crippen LogP contribution in [0.15, 0.2) is 126 Å². The van der Waals surface area contributed by atoms with Crippen molar-refractivity contribution in [2.24, 2.45) is 0 Å². The summed E-state index contributed by atoms with van der Waals surface area (Å²) in [6.45, 7) is 0. The molecule has 6 aromatic rings. The van der Waals surface area contributed by atoms with Gasteiger partial charge in [-0.15, -0.1) is 0 Å². The van der Waals surface area contributed by atoms with Crippen molar-refractivity contribution in [1.82, 2.24) is 9.97 Å². The van der Waals surface area contributed by atoms with Crippen LogP contribution in [-0.4, -0.2) is 9.97 Å². The quantitative estimate of drug-likeness (QED) is 0.272. The highest BCUT2D eigenvalue weighted by atomic mass is 16.6. The van der Waals surface area contributed by atoms with Gasteiger partial charge in [0.25, 0.3) is 0 Å². The first kappa shape index (κ1) is 19.9. The number of hydrogen-bond acceptors (Lipinski definition) is 4. The number of aromatic nitrogens is 2. The third kappa shape index (κ3) is 4.05. The van der Waals surface area contributed by atoms with Crippen LogP contribution >= 0.6 is 0 Å². The Kier molecular flexibility index (Phi) is 5.09. The summed E-state index contributed by atoms with van der Waals surface area (Å²) >= 11 is 0. The summed E-state index contributed by atoms with van der Waals surface area (Å²) in [6, 6.07) is 38.5. The molecule has 0 aliphatic heterocycles. The SMILES string of the molecule is c1ccc(-c2ccc(-c3ccnc(-c4cccc(Oc5nc6ccccc6o5)c4)c3)cc2)cc1. The molecule has 0 saturated heterocycles. The molecule has 0 radical (unpaired) electrons. The Hall–Kier alpha value is -4.70. The third-order valence-electron chi connectivity index (χ3n) is 5.69. The van der Waals surface area contributed by atoms with Gasteiger partial charge in [0, 0.05) is 11.8 Å². The predicted molar refractivity (Wildman–Crippen MR) is 135 cm³/mol. The zero-order valence-corrected chi connectivity index (χ0v) is 18.3. The first-order chi connectivity index (χ1) is 16.8. The summed E-state index contributed by atoms with van der Waals surface area (Å²) in [5.74, 6) is 0.642. The molecule has 34 heavy (non-hydrogen) atoms. The molecule has 0 aliphatic carbocycles. The van der Waals surface area contributed by atoms with Gasteiger partial charge in [0.1, 0.15) is 11.3 Å². The lowest BCUT2D eigenvalue weighted by Crippen LogP contribution is -1.88. The van der Waals surface area contributed by atoms with E-state index in [-0.39, 0.29) is 6.08 Å². The standard InChI is InChI=1S/C30H20N2O2/c1-2-7-21(8-3-1)22-13-15-23(16-14-22)24-17-18-31-28(20-24)25-9-6-10-26(19-25)33-30-32-27-11-4-5-12-29(27)34-30/h1-20H. The maximum Gasteiger partial charge on any atom is 0.400 e. The van der Waals surface area contributed by atoms with E-state index in [1.165, 1.54) is 11.1 Å². The van der Waals surface area contributed by atoms with Crippen molar-refractivity contribution in [2.45, 2.75) is 0 Å². The molecule has 0 N–H and O–H groups in total. The van der Waals surface area contributed by atoms with Gasteiger partial charge < -0.3 is 9.15 Å². The average Bonchev–Trinajstić information content (AvgIpc) is 3.32. The molecule has 0 bridgehead atoms. The molecule has 4 nitrogen and oxygen atoms in total. The number of para-hydroxylation sites is 2. The first-order valence-corrected chi connectivity index (χ1v) is 11.1. The van der Waals surface area contributed by atoms with Gasteiger partial charge in [0.05, 0.1) is 5.69 Å². The fourth-order valence-corrected chi connectivity index (χ4v) is 3.97. The van der Waals surface area contributed by atoms with E-state index in [4.69, 9.17) is 9.15 Å². The van der Waals surface area contributed by atoms with Crippen LogP contribution in [-0.2, 0) is 0 Å². The fraction of sp³-hybridized carbons (Fsp3) is 0. The molecular weight excluding hydrogens is 420 g/mol. The van der Waals surface area contributed by atoms with E-state index in [0.717, 1.165) is 27.9 Å². The lowest BCUT2D eigenvalue weighted by molar-refractivity contribution is 0.343. The number of hydrogen-bond donors (Lipinski definition) is 0. The maximum absolute atomic E-state index is 5.89. The van der Waals surface area contributed by atoms with Gasteiger partial charge >= 0.3 is 6.08 Å². The lowest BCUT2D eigenvalue weighted by atomic mass is 9.99. The largest absolute Gasteiger partial charge is 0.411 e. The summed E-state index contributed by atoms with van der Waals surface area (Å²) in [4.78, 5) is 8.98. The van der Waals surface area contributed by atoms with Crippen LogP contribution in [0.3, 0.4) is 0 Å². The monoisotopic (exact) mass is 440 g/mol. The number of ether oxygens (including phenoxy) is 1. The Morgan fingerprint density at radius 3 is 2.09 bits per heavy atom. The molecule has 0 unspecified atom stereocenters. The van der Waals surface area contributed by atoms with Crippen LogP contribution in [0, 0.1) is 0 Å². The number of benzene rings is 4. The van der Waals surface area contributed by atoms with E-state index in [9.17, 15) is 0 Å². The number of rotatable bonds is 5. The van der Waals surface area contributed by atoms with E-state index in [0.29, 0.717) is 11.3 Å². The van der Waals surface area contributed by atoms with Gasteiger partial charge in [0.2, 0.25) is 0 Å². The number of fused-ring (bicyclic) bond motifs is 1. The molecule has 2 aromatic heterocycles. The average molecular weight is 441 g/mol. The second-order valence-corrected chi connectivity index (χ2v) is 7.95. The number of oxazole rings is 1. The maximum atomic E-state index is 5.89. The minimum absolute atomic E-state index is 0.221. The summed E-state index contributed by atoms with van der Waals surface area (Å²) in [5.41, 5.74) is 7.94. The fourth-order valence-electron chi connectivity index (χ4n) is 3.97. The summed E-state index contributed by atoms with van der Waals surface area (Å²) in [5, 5.41) is 0. The molecule has 0 aliphatic rings. The van der Waals surface area contributed by atoms with Crippen molar-refractivity contribution in [3.05, 3.63) is 121 Å². The molecule has 2 heterocycles. The van der Waals surface area contributed by atoms with Gasteiger partial charge in [0.15, 0.2) is 5.58 Å². The summed E-state index contributed by atoms with van der Waals surface area (Å²) in [6.07, 6.45) is 2.06. The topological polar surface area (TPSA) is 48.2 Å². The van der Waals surface area contributed by atoms with Crippen LogP contribution in [0.2, 0.25) is 0 Å². The van der Waals surface area contributed by atoms with Crippen molar-refractivity contribution in [3.8, 4) is 45.3 Å². The number of pyridine rings is 1. The molecule has 0 spiro atoms. The Balaban J connectivity index is 1.26. The zero-order chi connectivity index (χ0) is 22.7. The molecule has 0 atom stereocenters. The summed E-state index contributed by atoms with van der Waals surface area (Å²) < 4.78 is 11.6. The van der Waals surface area contributed by atoms with E-state index in [2.05, 4.69) is 64.6 Å². The van der Waals surface area contributed by atoms with Crippen molar-refractivity contribution < 1.29 is 9.15 Å². The third-order valence-corrected chi connectivity index (χ3v) is 5.69. The highest BCUT2D eigenvalue weighted by Gasteiger charge is 2.09. The smallest absolute Gasteiger partial charge is 0.400 e. The molecule has 4 aromatic carbocycles. The Morgan fingerprint density at radius 2 is 1.26 bits per heavy atom. The molecular formula is C30H20N2O2. The minimum Gasteiger partial charge on any atom is -0.411 e. The van der Waals surface area contributed by atoms with Gasteiger partial charge in [-0.25, -0.2) is 0 Å². The minimum atomic E-state index is 0.221. The Morgan fingerprint density at radius 1 is 0.559 bits per heavy atom. The Labute approximate surface area is 197 Å². The van der Waals surface area contributed by atoms with Crippen LogP contribution in [0.25, 0.3) is 44.6 Å². The Bertz CT molecular complexity index is 1540. The molecule has 0 amide bonds. The van der Waals surface area contributed by atoms with Crippen molar-refractivity contribution in [2.75, 3.05) is 0 Å². The highest BCUT2D eigenvalue weighted by molar-refractivity contribution is 5.74. The van der Waals surface area contributed by atoms with Crippen molar-refractivity contribution >= 4 is 11.1 Å².